The normalized spacial score (nSPS) is 15.9. The molecule has 7 heteroatoms. The number of fused-ring (bicyclic) bond motifs is 3. The van der Waals surface area contributed by atoms with E-state index in [1.165, 1.54) is 7.11 Å². The molecule has 206 valence electrons. The number of ketones is 1. The molecule has 0 fully saturated rings. The molecule has 1 heterocycles. The van der Waals surface area contributed by atoms with E-state index in [0.29, 0.717) is 62.9 Å². The molecule has 1 aliphatic heterocycles. The van der Waals surface area contributed by atoms with Gasteiger partial charge in [-0.1, -0.05) is 82.7 Å². The Morgan fingerprint density at radius 1 is 0.927 bits per heavy atom. The van der Waals surface area contributed by atoms with Crippen LogP contribution in [0.3, 0.4) is 0 Å². The number of dihydropyridines is 1. The molecule has 0 aromatic heterocycles. The summed E-state index contributed by atoms with van der Waals surface area (Å²) in [4.78, 5) is 26.9. The van der Waals surface area contributed by atoms with Crippen LogP contribution in [-0.4, -0.2) is 25.5 Å². The molecule has 0 spiro atoms. The minimum atomic E-state index is -0.681. The highest BCUT2D eigenvalue weighted by atomic mass is 79.9. The molecular weight excluding hydrogens is 582 g/mol. The molecule has 1 aliphatic carbocycles. The Morgan fingerprint density at radius 2 is 1.63 bits per heavy atom. The van der Waals surface area contributed by atoms with Crippen molar-refractivity contribution in [1.82, 2.24) is 5.32 Å². The number of ether oxygens (including phenoxy) is 3. The van der Waals surface area contributed by atoms with E-state index in [4.69, 9.17) is 14.2 Å². The molecule has 6 nitrogen and oxygen atoms in total. The third kappa shape index (κ3) is 4.60. The molecule has 0 saturated heterocycles. The van der Waals surface area contributed by atoms with Gasteiger partial charge in [0.05, 0.1) is 30.9 Å². The Balaban J connectivity index is 1.45. The Morgan fingerprint density at radius 3 is 2.41 bits per heavy atom. The SMILES string of the molecule is CCOc1cc([C@@H]2C(C(=O)OC)=C(C)NC3=C2C(=O)c2ccccc23)c(Br)cc1OCc1cccc2ccccc12. The first-order valence-corrected chi connectivity index (χ1v) is 14.2. The highest BCUT2D eigenvalue weighted by Crippen LogP contribution is 2.50. The summed E-state index contributed by atoms with van der Waals surface area (Å²) in [6.45, 7) is 4.49. The maximum Gasteiger partial charge on any atom is 0.336 e. The van der Waals surface area contributed by atoms with Crippen LogP contribution in [0.2, 0.25) is 0 Å². The maximum absolute atomic E-state index is 13.8. The van der Waals surface area contributed by atoms with Crippen LogP contribution in [-0.2, 0) is 16.1 Å². The van der Waals surface area contributed by atoms with Crippen molar-refractivity contribution in [3.63, 3.8) is 0 Å². The smallest absolute Gasteiger partial charge is 0.336 e. The van der Waals surface area contributed by atoms with Gasteiger partial charge in [-0.15, -0.1) is 0 Å². The molecule has 41 heavy (non-hydrogen) atoms. The van der Waals surface area contributed by atoms with E-state index in [1.807, 2.05) is 68.4 Å². The zero-order valence-corrected chi connectivity index (χ0v) is 24.5. The average molecular weight is 611 g/mol. The third-order valence-electron chi connectivity index (χ3n) is 7.59. The number of carbonyl (C=O) groups excluding carboxylic acids is 2. The van der Waals surface area contributed by atoms with Gasteiger partial charge in [-0.2, -0.15) is 0 Å². The first-order chi connectivity index (χ1) is 19.9. The molecule has 0 bridgehead atoms. The van der Waals surface area contributed by atoms with Crippen LogP contribution in [0.25, 0.3) is 16.5 Å². The van der Waals surface area contributed by atoms with Gasteiger partial charge in [-0.05, 0) is 47.9 Å². The third-order valence-corrected chi connectivity index (χ3v) is 8.28. The molecule has 1 atom stereocenters. The summed E-state index contributed by atoms with van der Waals surface area (Å²) >= 11 is 3.74. The zero-order chi connectivity index (χ0) is 28.7. The highest BCUT2D eigenvalue weighted by Gasteiger charge is 2.43. The van der Waals surface area contributed by atoms with Crippen molar-refractivity contribution < 1.29 is 23.8 Å². The molecular formula is C34H28BrNO5. The number of methoxy groups -OCH3 is 1. The topological polar surface area (TPSA) is 73.9 Å². The summed E-state index contributed by atoms with van der Waals surface area (Å²) in [5.41, 5.74) is 5.40. The van der Waals surface area contributed by atoms with E-state index >= 15 is 0 Å². The lowest BCUT2D eigenvalue weighted by atomic mass is 9.79. The Kier molecular flexibility index (Phi) is 7.14. The number of esters is 1. The number of rotatable bonds is 7. The van der Waals surface area contributed by atoms with Gasteiger partial charge in [0.25, 0.3) is 0 Å². The molecule has 4 aromatic rings. The van der Waals surface area contributed by atoms with E-state index < -0.39 is 11.9 Å². The maximum atomic E-state index is 13.8. The van der Waals surface area contributed by atoms with E-state index in [-0.39, 0.29) is 5.78 Å². The molecule has 0 saturated carbocycles. The lowest BCUT2D eigenvalue weighted by Crippen LogP contribution is -2.29. The number of hydrogen-bond acceptors (Lipinski definition) is 6. The van der Waals surface area contributed by atoms with Gasteiger partial charge in [-0.3, -0.25) is 4.79 Å². The minimum Gasteiger partial charge on any atom is -0.490 e. The summed E-state index contributed by atoms with van der Waals surface area (Å²) in [5, 5.41) is 5.59. The fourth-order valence-corrected chi connectivity index (χ4v) is 6.30. The average Bonchev–Trinajstić information content (AvgIpc) is 3.27. The lowest BCUT2D eigenvalue weighted by Gasteiger charge is -2.30. The number of allylic oxidation sites excluding steroid dienone is 2. The van der Waals surface area contributed by atoms with Gasteiger partial charge < -0.3 is 19.5 Å². The number of Topliss-reactive ketones (excluding diaryl/α,β-unsaturated/α-hetero) is 1. The van der Waals surface area contributed by atoms with E-state index in [2.05, 4.69) is 45.5 Å². The van der Waals surface area contributed by atoms with Crippen LogP contribution in [0.15, 0.2) is 100 Å². The summed E-state index contributed by atoms with van der Waals surface area (Å²) in [6, 6.07) is 25.5. The van der Waals surface area contributed by atoms with Crippen LogP contribution in [0, 0.1) is 0 Å². The van der Waals surface area contributed by atoms with Crippen LogP contribution in [0.4, 0.5) is 0 Å². The summed E-state index contributed by atoms with van der Waals surface area (Å²) < 4.78 is 18.3. The van der Waals surface area contributed by atoms with Crippen molar-refractivity contribution in [3.05, 3.63) is 122 Å². The Bertz CT molecular complexity index is 1780. The van der Waals surface area contributed by atoms with Crippen LogP contribution in [0.5, 0.6) is 11.5 Å². The number of halogens is 1. The van der Waals surface area contributed by atoms with Crippen LogP contribution in [0.1, 0.15) is 46.8 Å². The van der Waals surface area contributed by atoms with Gasteiger partial charge in [0, 0.05) is 26.9 Å². The van der Waals surface area contributed by atoms with Crippen molar-refractivity contribution in [1.29, 1.82) is 0 Å². The quantitative estimate of drug-likeness (QED) is 0.221. The van der Waals surface area contributed by atoms with Gasteiger partial charge in [-0.25, -0.2) is 4.79 Å². The first-order valence-electron chi connectivity index (χ1n) is 13.4. The number of hydrogen-bond donors (Lipinski definition) is 1. The predicted octanol–water partition coefficient (Wildman–Crippen LogP) is 7.32. The van der Waals surface area contributed by atoms with Gasteiger partial charge in [0.1, 0.15) is 6.61 Å². The number of nitrogens with one attached hydrogen (secondary N) is 1. The van der Waals surface area contributed by atoms with E-state index in [9.17, 15) is 9.59 Å². The number of carbonyl (C=O) groups is 2. The van der Waals surface area contributed by atoms with Crippen molar-refractivity contribution >= 4 is 44.2 Å². The van der Waals surface area contributed by atoms with Gasteiger partial charge >= 0.3 is 5.97 Å². The van der Waals surface area contributed by atoms with E-state index in [0.717, 1.165) is 21.9 Å². The second-order valence-corrected chi connectivity index (χ2v) is 10.8. The Hall–Kier alpha value is -4.36. The second kappa shape index (κ2) is 10.9. The molecule has 0 unspecified atom stereocenters. The van der Waals surface area contributed by atoms with Crippen molar-refractivity contribution in [2.45, 2.75) is 26.4 Å². The van der Waals surface area contributed by atoms with Crippen molar-refractivity contribution in [3.8, 4) is 11.5 Å². The second-order valence-electron chi connectivity index (χ2n) is 9.93. The van der Waals surface area contributed by atoms with Crippen molar-refractivity contribution in [2.24, 2.45) is 0 Å². The number of benzene rings is 4. The largest absolute Gasteiger partial charge is 0.490 e. The van der Waals surface area contributed by atoms with Crippen LogP contribution < -0.4 is 14.8 Å². The molecule has 6 rings (SSSR count). The molecule has 0 amide bonds. The highest BCUT2D eigenvalue weighted by molar-refractivity contribution is 9.10. The van der Waals surface area contributed by atoms with Gasteiger partial charge in [0.2, 0.25) is 0 Å². The fraction of sp³-hybridized carbons (Fsp3) is 0.176. The molecule has 0 radical (unpaired) electrons. The summed E-state index contributed by atoms with van der Waals surface area (Å²) in [7, 11) is 1.35. The van der Waals surface area contributed by atoms with Crippen LogP contribution >= 0.6 is 15.9 Å². The first kappa shape index (κ1) is 26.8. The zero-order valence-electron chi connectivity index (χ0n) is 22.9. The minimum absolute atomic E-state index is 0.122. The summed E-state index contributed by atoms with van der Waals surface area (Å²) in [5.74, 6) is -0.227. The molecule has 2 aliphatic rings. The monoisotopic (exact) mass is 609 g/mol. The van der Waals surface area contributed by atoms with E-state index in [1.54, 1.807) is 0 Å². The predicted molar refractivity (Wildman–Crippen MR) is 162 cm³/mol. The Labute approximate surface area is 246 Å². The lowest BCUT2D eigenvalue weighted by molar-refractivity contribution is -0.136. The van der Waals surface area contributed by atoms with Gasteiger partial charge in [0.15, 0.2) is 17.3 Å². The molecule has 4 aromatic carbocycles. The fourth-order valence-electron chi connectivity index (χ4n) is 5.75. The van der Waals surface area contributed by atoms with Crippen molar-refractivity contribution in [2.75, 3.05) is 13.7 Å². The molecule has 1 N–H and O–H groups in total. The summed E-state index contributed by atoms with van der Waals surface area (Å²) in [6.07, 6.45) is 0. The standard InChI is InChI=1S/C34H28BrNO5/c1-4-40-27-16-25(26(35)17-28(27)41-18-21-12-9-11-20-10-5-6-13-22(20)21)30-29(34(38)39-3)19(2)36-32-23-14-7-8-15-24(23)33(37)31(30)32/h5-17,30,36H,4,18H2,1-3H3/t30-/m1/s1.